The van der Waals surface area contributed by atoms with Crippen LogP contribution in [0.5, 0.6) is 0 Å². The molecule has 0 saturated carbocycles. The molecule has 7 nitrogen and oxygen atoms in total. The summed E-state index contributed by atoms with van der Waals surface area (Å²) in [6, 6.07) is 8.75. The van der Waals surface area contributed by atoms with Crippen molar-refractivity contribution in [3.63, 3.8) is 0 Å². The van der Waals surface area contributed by atoms with E-state index in [0.717, 1.165) is 26.6 Å². The normalized spacial score (nSPS) is 13.5. The number of nitrogens with zero attached hydrogens (tertiary/aromatic N) is 2. The lowest BCUT2D eigenvalue weighted by molar-refractivity contribution is 0.0825. The van der Waals surface area contributed by atoms with E-state index < -0.39 is 5.60 Å². The molecule has 0 fully saturated rings. The van der Waals surface area contributed by atoms with Crippen LogP contribution in [-0.2, 0) is 25.7 Å². The van der Waals surface area contributed by atoms with E-state index in [1.165, 1.54) is 22.0 Å². The van der Waals surface area contributed by atoms with Crippen molar-refractivity contribution < 1.29 is 14.3 Å². The summed E-state index contributed by atoms with van der Waals surface area (Å²) in [6.07, 6.45) is 1.76. The molecule has 4 heterocycles. The number of fused-ring (bicyclic) bond motifs is 2. The summed E-state index contributed by atoms with van der Waals surface area (Å²) in [4.78, 5) is 32.1. The summed E-state index contributed by atoms with van der Waals surface area (Å²) < 4.78 is 16.0. The Morgan fingerprint density at radius 1 is 1.29 bits per heavy atom. The number of nitrogens with one attached hydrogen (secondary N) is 2. The minimum Gasteiger partial charge on any atom is -0.385 e. The first-order valence-electron chi connectivity index (χ1n) is 11.5. The highest BCUT2D eigenvalue weighted by Crippen LogP contribution is 2.46. The van der Waals surface area contributed by atoms with E-state index in [0.29, 0.717) is 41.8 Å². The second-order valence-electron chi connectivity index (χ2n) is 9.41. The van der Waals surface area contributed by atoms with Gasteiger partial charge in [-0.3, -0.25) is 9.59 Å². The lowest BCUT2D eigenvalue weighted by atomic mass is 10.1. The van der Waals surface area contributed by atoms with E-state index in [1.807, 2.05) is 19.1 Å². The Bertz CT molecular complexity index is 1530. The molecule has 0 bridgehead atoms. The number of aromatic amines is 1. The highest BCUT2D eigenvalue weighted by Gasteiger charge is 2.30. The fourth-order valence-corrected chi connectivity index (χ4v) is 5.76. The molecule has 9 heteroatoms. The van der Waals surface area contributed by atoms with Crippen molar-refractivity contribution >= 4 is 33.8 Å². The van der Waals surface area contributed by atoms with Crippen LogP contribution in [0.25, 0.3) is 21.3 Å². The molecule has 35 heavy (non-hydrogen) atoms. The van der Waals surface area contributed by atoms with E-state index in [1.54, 1.807) is 39.2 Å². The Morgan fingerprint density at radius 2 is 2.06 bits per heavy atom. The molecule has 0 unspecified atom stereocenters. The second-order valence-corrected chi connectivity index (χ2v) is 10.5. The van der Waals surface area contributed by atoms with Gasteiger partial charge in [-0.2, -0.15) is 0 Å². The second kappa shape index (κ2) is 8.35. The number of aliphatic hydroxyl groups is 1. The molecule has 5 rings (SSSR count). The zero-order valence-corrected chi connectivity index (χ0v) is 20.8. The summed E-state index contributed by atoms with van der Waals surface area (Å²) in [5.74, 6) is -0.517. The van der Waals surface area contributed by atoms with Gasteiger partial charge in [0.2, 0.25) is 0 Å². The first-order chi connectivity index (χ1) is 16.6. The summed E-state index contributed by atoms with van der Waals surface area (Å²) in [5.41, 5.74) is 2.53. The number of hydrogen-bond donors (Lipinski definition) is 3. The van der Waals surface area contributed by atoms with Gasteiger partial charge in [0.05, 0.1) is 16.2 Å². The van der Waals surface area contributed by atoms with Gasteiger partial charge >= 0.3 is 0 Å². The Kier molecular flexibility index (Phi) is 5.56. The number of aromatic nitrogens is 2. The van der Waals surface area contributed by atoms with Crippen LogP contribution in [0.1, 0.15) is 47.3 Å². The number of benzene rings is 1. The average Bonchev–Trinajstić information content (AvgIpc) is 3.52. The van der Waals surface area contributed by atoms with Crippen molar-refractivity contribution in [3.8, 4) is 10.4 Å². The summed E-state index contributed by atoms with van der Waals surface area (Å²) in [6.45, 7) is 6.69. The van der Waals surface area contributed by atoms with Gasteiger partial charge in [-0.1, -0.05) is 12.1 Å². The average molecular weight is 495 g/mol. The molecule has 1 aliphatic rings. The number of hydrogen-bond acceptors (Lipinski definition) is 5. The molecule has 0 aliphatic carbocycles. The van der Waals surface area contributed by atoms with Gasteiger partial charge in [0.25, 0.3) is 11.5 Å². The van der Waals surface area contributed by atoms with Crippen molar-refractivity contribution in [1.82, 2.24) is 14.9 Å². The number of pyridine rings is 1. The highest BCUT2D eigenvalue weighted by molar-refractivity contribution is 7.16. The zero-order chi connectivity index (χ0) is 25.1. The number of anilines is 1. The molecule has 0 saturated heterocycles. The Hall–Kier alpha value is -3.43. The number of carbonyl (C=O) groups excluding carboxylic acids is 1. The summed E-state index contributed by atoms with van der Waals surface area (Å²) in [5, 5.41) is 14.2. The van der Waals surface area contributed by atoms with E-state index in [4.69, 9.17) is 0 Å². The van der Waals surface area contributed by atoms with Crippen molar-refractivity contribution in [2.45, 2.75) is 39.5 Å². The van der Waals surface area contributed by atoms with Gasteiger partial charge in [0, 0.05) is 54.3 Å². The topological polar surface area (TPSA) is 90.4 Å². The largest absolute Gasteiger partial charge is 0.385 e. The van der Waals surface area contributed by atoms with Gasteiger partial charge in [-0.15, -0.1) is 11.3 Å². The maximum absolute atomic E-state index is 14.5. The fraction of sp³-hybridized carbons (Fsp3) is 0.308. The number of aryl methyl sites for hydroxylation is 1. The van der Waals surface area contributed by atoms with Gasteiger partial charge < -0.3 is 24.9 Å². The lowest BCUT2D eigenvalue weighted by Gasteiger charge is -2.19. The van der Waals surface area contributed by atoms with Crippen LogP contribution in [0, 0.1) is 5.82 Å². The van der Waals surface area contributed by atoms with Crippen LogP contribution in [0.2, 0.25) is 0 Å². The Morgan fingerprint density at radius 3 is 2.74 bits per heavy atom. The SMILES string of the molecule is CCNC(=O)c1cc2c(-c3sc(C(C)(C)O)cc3N3Cc4cccc(F)c4C3)cn(C)c(=O)c2[nH]1. The molecule has 0 atom stereocenters. The third-order valence-electron chi connectivity index (χ3n) is 6.37. The van der Waals surface area contributed by atoms with Crippen LogP contribution in [0.4, 0.5) is 10.1 Å². The fourth-order valence-electron chi connectivity index (χ4n) is 4.55. The minimum atomic E-state index is -1.08. The molecule has 1 aliphatic heterocycles. The summed E-state index contributed by atoms with van der Waals surface area (Å²) in [7, 11) is 1.67. The van der Waals surface area contributed by atoms with Crippen LogP contribution < -0.4 is 15.8 Å². The molecule has 3 N–H and O–H groups in total. The number of halogens is 1. The molecule has 4 aromatic rings. The smallest absolute Gasteiger partial charge is 0.274 e. The third-order valence-corrected chi connectivity index (χ3v) is 7.84. The number of thiophene rings is 1. The maximum atomic E-state index is 14.5. The molecule has 1 amide bonds. The third kappa shape index (κ3) is 3.94. The quantitative estimate of drug-likeness (QED) is 0.387. The van der Waals surface area contributed by atoms with Gasteiger partial charge in [0.15, 0.2) is 0 Å². The van der Waals surface area contributed by atoms with Crippen molar-refractivity contribution in [3.05, 3.63) is 74.4 Å². The minimum absolute atomic E-state index is 0.230. The van der Waals surface area contributed by atoms with Crippen molar-refractivity contribution in [2.24, 2.45) is 7.05 Å². The van der Waals surface area contributed by atoms with Gasteiger partial charge in [-0.05, 0) is 44.5 Å². The van der Waals surface area contributed by atoms with Gasteiger partial charge in [0.1, 0.15) is 17.0 Å². The standard InChI is InChI=1S/C26H27FN4O3S/c1-5-28-24(32)19-9-15-17(12-30(4)25(33)22(15)29-19)23-20(10-21(35-23)26(2,3)34)31-11-14-7-6-8-18(27)16(14)13-31/h6-10,12,29,34H,5,11,13H2,1-4H3,(H,28,32). The first kappa shape index (κ1) is 23.3. The number of amides is 1. The predicted molar refractivity (Wildman–Crippen MR) is 136 cm³/mol. The van der Waals surface area contributed by atoms with E-state index in [2.05, 4.69) is 15.2 Å². The molecule has 182 valence electrons. The highest BCUT2D eigenvalue weighted by atomic mass is 32.1. The lowest BCUT2D eigenvalue weighted by Crippen LogP contribution is -2.23. The zero-order valence-electron chi connectivity index (χ0n) is 20.0. The molecule has 3 aromatic heterocycles. The number of H-pyrrole nitrogens is 1. The molecule has 1 aromatic carbocycles. The predicted octanol–water partition coefficient (Wildman–Crippen LogP) is 4.23. The summed E-state index contributed by atoms with van der Waals surface area (Å²) >= 11 is 1.43. The Balaban J connectivity index is 1.71. The molecule has 0 radical (unpaired) electrons. The first-order valence-corrected chi connectivity index (χ1v) is 12.3. The monoisotopic (exact) mass is 494 g/mol. The van der Waals surface area contributed by atoms with Crippen LogP contribution in [0.15, 0.2) is 41.3 Å². The number of carbonyl (C=O) groups is 1. The van der Waals surface area contributed by atoms with Crippen LogP contribution in [-0.4, -0.2) is 27.1 Å². The molecule has 0 spiro atoms. The number of rotatable bonds is 5. The maximum Gasteiger partial charge on any atom is 0.274 e. The van der Waals surface area contributed by atoms with Crippen LogP contribution >= 0.6 is 11.3 Å². The van der Waals surface area contributed by atoms with Crippen molar-refractivity contribution in [1.29, 1.82) is 0 Å². The molecular weight excluding hydrogens is 467 g/mol. The van der Waals surface area contributed by atoms with Crippen LogP contribution in [0.3, 0.4) is 0 Å². The molecular formula is C26H27FN4O3S. The van der Waals surface area contributed by atoms with Crippen molar-refractivity contribution in [2.75, 3.05) is 11.4 Å². The van der Waals surface area contributed by atoms with E-state index >= 15 is 0 Å². The Labute approximate surface area is 205 Å². The van der Waals surface area contributed by atoms with E-state index in [9.17, 15) is 19.1 Å². The van der Waals surface area contributed by atoms with E-state index in [-0.39, 0.29) is 17.3 Å². The van der Waals surface area contributed by atoms with Gasteiger partial charge in [-0.25, -0.2) is 4.39 Å².